The fraction of sp³-hybridized carbons (Fsp3) is 0.814. The Labute approximate surface area is 288 Å². The fourth-order valence-corrected chi connectivity index (χ4v) is 6.38. The molecule has 0 aromatic heterocycles. The number of nitrogens with zero attached hydrogens (tertiary/aromatic N) is 1. The minimum Gasteiger partial charge on any atom is -0.347 e. The van der Waals surface area contributed by atoms with E-state index in [1.165, 1.54) is 128 Å². The van der Waals surface area contributed by atoms with Gasteiger partial charge in [0.1, 0.15) is 0 Å². The molecule has 1 aliphatic rings. The van der Waals surface area contributed by atoms with E-state index in [1.54, 1.807) is 0 Å². The van der Waals surface area contributed by atoms with E-state index >= 15 is 0 Å². The molecule has 0 amide bonds. The van der Waals surface area contributed by atoms with Gasteiger partial charge in [0.05, 0.1) is 12.2 Å². The zero-order valence-corrected chi connectivity index (χ0v) is 31.4. The second-order valence-electron chi connectivity index (χ2n) is 13.6. The highest BCUT2D eigenvalue weighted by molar-refractivity contribution is 4.93. The molecule has 3 heteroatoms. The summed E-state index contributed by atoms with van der Waals surface area (Å²) in [5, 5.41) is 0. The highest BCUT2D eigenvalue weighted by atomic mass is 16.7. The molecule has 268 valence electrons. The predicted octanol–water partition coefficient (Wildman–Crippen LogP) is 13.5. The molecule has 3 nitrogen and oxygen atoms in total. The van der Waals surface area contributed by atoms with Crippen molar-refractivity contribution in [1.29, 1.82) is 0 Å². The molecule has 0 aromatic rings. The molecule has 0 spiro atoms. The Bertz CT molecular complexity index is 683. The predicted molar refractivity (Wildman–Crippen MR) is 205 cm³/mol. The SMILES string of the molecule is CCCCC/C=C\C/C=C\CCCCCCCC1OC(CCN(CC)CC)OC1CCCCCCC/C=C\C/C=C\CCCCC. The summed E-state index contributed by atoms with van der Waals surface area (Å²) < 4.78 is 13.1. The number of rotatable bonds is 33. The third kappa shape index (κ3) is 25.9. The lowest BCUT2D eigenvalue weighted by molar-refractivity contribution is -0.0755. The maximum atomic E-state index is 6.53. The number of ether oxygens (including phenoxy) is 2. The highest BCUT2D eigenvalue weighted by Crippen LogP contribution is 2.29. The van der Waals surface area contributed by atoms with Crippen LogP contribution in [0.4, 0.5) is 0 Å². The van der Waals surface area contributed by atoms with Crippen molar-refractivity contribution >= 4 is 0 Å². The first-order valence-corrected chi connectivity index (χ1v) is 20.4. The summed E-state index contributed by atoms with van der Waals surface area (Å²) in [6.45, 7) is 12.3. The van der Waals surface area contributed by atoms with Crippen molar-refractivity contribution in [2.75, 3.05) is 19.6 Å². The summed E-state index contributed by atoms with van der Waals surface area (Å²) in [5.74, 6) is 0. The van der Waals surface area contributed by atoms with E-state index in [0.717, 1.165) is 51.7 Å². The van der Waals surface area contributed by atoms with Gasteiger partial charge in [0.2, 0.25) is 0 Å². The quantitative estimate of drug-likeness (QED) is 0.0526. The molecule has 0 aromatic carbocycles. The van der Waals surface area contributed by atoms with E-state index in [0.29, 0.717) is 12.2 Å². The van der Waals surface area contributed by atoms with Gasteiger partial charge in [-0.2, -0.15) is 0 Å². The standard InChI is InChI=1S/C43H79NO2/c1-5-9-11-13-15-17-19-21-23-25-27-29-31-33-35-37-41-42(46-43(45-41)39-40-44(7-3)8-4)38-36-34-32-30-28-26-24-22-20-18-16-14-12-10-6-2/h15-18,21-24,41-43H,5-14,19-20,25-40H2,1-4H3/b17-15-,18-16-,23-21-,24-22-. The minimum absolute atomic E-state index is 0.00783. The van der Waals surface area contributed by atoms with Gasteiger partial charge in [0, 0.05) is 13.0 Å². The summed E-state index contributed by atoms with van der Waals surface area (Å²) in [6, 6.07) is 0. The van der Waals surface area contributed by atoms with Crippen molar-refractivity contribution in [3.63, 3.8) is 0 Å². The van der Waals surface area contributed by atoms with Crippen molar-refractivity contribution in [2.24, 2.45) is 0 Å². The molecule has 0 radical (unpaired) electrons. The van der Waals surface area contributed by atoms with Crippen LogP contribution >= 0.6 is 0 Å². The molecule has 1 heterocycles. The first-order valence-electron chi connectivity index (χ1n) is 20.4. The Morgan fingerprint density at radius 3 is 1.17 bits per heavy atom. The number of allylic oxidation sites excluding steroid dienone is 8. The van der Waals surface area contributed by atoms with Crippen LogP contribution < -0.4 is 0 Å². The Kier molecular flexibility index (Phi) is 31.4. The lowest BCUT2D eigenvalue weighted by Crippen LogP contribution is -2.27. The highest BCUT2D eigenvalue weighted by Gasteiger charge is 2.35. The van der Waals surface area contributed by atoms with Crippen molar-refractivity contribution in [3.05, 3.63) is 48.6 Å². The normalized spacial score (nSPS) is 19.0. The zero-order chi connectivity index (χ0) is 33.2. The number of unbranched alkanes of at least 4 members (excludes halogenated alkanes) is 16. The lowest BCUT2D eigenvalue weighted by Gasteiger charge is -2.19. The molecule has 0 saturated carbocycles. The molecule has 1 saturated heterocycles. The number of hydrogen-bond donors (Lipinski definition) is 0. The molecule has 1 fully saturated rings. The molecule has 0 N–H and O–H groups in total. The van der Waals surface area contributed by atoms with Crippen LogP contribution in [0.3, 0.4) is 0 Å². The third-order valence-electron chi connectivity index (χ3n) is 9.52. The van der Waals surface area contributed by atoms with Gasteiger partial charge in [-0.25, -0.2) is 0 Å². The Morgan fingerprint density at radius 1 is 0.413 bits per heavy atom. The van der Waals surface area contributed by atoms with Gasteiger partial charge >= 0.3 is 0 Å². The van der Waals surface area contributed by atoms with Gasteiger partial charge in [-0.05, 0) is 90.1 Å². The molecule has 0 bridgehead atoms. The van der Waals surface area contributed by atoms with Crippen LogP contribution in [0.25, 0.3) is 0 Å². The second-order valence-corrected chi connectivity index (χ2v) is 13.6. The summed E-state index contributed by atoms with van der Waals surface area (Å²) in [6.07, 6.45) is 51.1. The molecular formula is C43H79NO2. The molecule has 1 rings (SSSR count). The molecule has 1 aliphatic heterocycles. The molecule has 2 unspecified atom stereocenters. The zero-order valence-electron chi connectivity index (χ0n) is 31.4. The molecular weight excluding hydrogens is 562 g/mol. The largest absolute Gasteiger partial charge is 0.347 e. The van der Waals surface area contributed by atoms with Crippen molar-refractivity contribution in [2.45, 2.75) is 207 Å². The van der Waals surface area contributed by atoms with Gasteiger partial charge in [0.25, 0.3) is 0 Å². The monoisotopic (exact) mass is 642 g/mol. The molecule has 46 heavy (non-hydrogen) atoms. The van der Waals surface area contributed by atoms with Gasteiger partial charge in [0.15, 0.2) is 6.29 Å². The molecule has 0 aliphatic carbocycles. The van der Waals surface area contributed by atoms with Crippen LogP contribution in [0.2, 0.25) is 0 Å². The maximum Gasteiger partial charge on any atom is 0.159 e. The average Bonchev–Trinajstić information content (AvgIpc) is 3.46. The van der Waals surface area contributed by atoms with Gasteiger partial charge in [-0.3, -0.25) is 0 Å². The topological polar surface area (TPSA) is 21.7 Å². The Hall–Kier alpha value is -1.16. The van der Waals surface area contributed by atoms with Crippen LogP contribution in [0.5, 0.6) is 0 Å². The smallest absolute Gasteiger partial charge is 0.159 e. The van der Waals surface area contributed by atoms with Crippen LogP contribution in [0.15, 0.2) is 48.6 Å². The average molecular weight is 642 g/mol. The van der Waals surface area contributed by atoms with Crippen molar-refractivity contribution in [1.82, 2.24) is 4.90 Å². The van der Waals surface area contributed by atoms with Crippen LogP contribution in [0, 0.1) is 0 Å². The first-order chi connectivity index (χ1) is 22.7. The van der Waals surface area contributed by atoms with E-state index in [4.69, 9.17) is 9.47 Å². The van der Waals surface area contributed by atoms with Crippen molar-refractivity contribution in [3.8, 4) is 0 Å². The van der Waals surface area contributed by atoms with Crippen LogP contribution in [0.1, 0.15) is 188 Å². The van der Waals surface area contributed by atoms with Crippen molar-refractivity contribution < 1.29 is 9.47 Å². The summed E-state index contributed by atoms with van der Waals surface area (Å²) >= 11 is 0. The Morgan fingerprint density at radius 2 is 0.783 bits per heavy atom. The van der Waals surface area contributed by atoms with Crippen LogP contribution in [-0.2, 0) is 9.47 Å². The number of hydrogen-bond acceptors (Lipinski definition) is 3. The van der Waals surface area contributed by atoms with Gasteiger partial charge in [-0.15, -0.1) is 0 Å². The summed E-state index contributed by atoms with van der Waals surface area (Å²) in [5.41, 5.74) is 0. The summed E-state index contributed by atoms with van der Waals surface area (Å²) in [7, 11) is 0. The maximum absolute atomic E-state index is 6.53. The molecule has 2 atom stereocenters. The van der Waals surface area contributed by atoms with E-state index in [-0.39, 0.29) is 6.29 Å². The lowest BCUT2D eigenvalue weighted by atomic mass is 9.99. The van der Waals surface area contributed by atoms with E-state index in [2.05, 4.69) is 81.2 Å². The van der Waals surface area contributed by atoms with Gasteiger partial charge < -0.3 is 14.4 Å². The van der Waals surface area contributed by atoms with E-state index in [9.17, 15) is 0 Å². The van der Waals surface area contributed by atoms with E-state index < -0.39 is 0 Å². The van der Waals surface area contributed by atoms with E-state index in [1.807, 2.05) is 0 Å². The Balaban J connectivity index is 2.20. The fourth-order valence-electron chi connectivity index (χ4n) is 6.38. The second kappa shape index (κ2) is 33.7. The van der Waals surface area contributed by atoms with Crippen LogP contribution in [-0.4, -0.2) is 43.0 Å². The van der Waals surface area contributed by atoms with Gasteiger partial charge in [-0.1, -0.05) is 153 Å². The summed E-state index contributed by atoms with van der Waals surface area (Å²) in [4.78, 5) is 2.48. The third-order valence-corrected chi connectivity index (χ3v) is 9.52. The minimum atomic E-state index is -0.00783. The first kappa shape index (κ1) is 42.9.